The number of halogens is 1. The molecular weight excluding hydrogens is 640 g/mol. The quantitative estimate of drug-likeness (QED) is 0.113. The zero-order valence-electron chi connectivity index (χ0n) is 26.9. The zero-order valence-corrected chi connectivity index (χ0v) is 27.6. The fourth-order valence-electron chi connectivity index (χ4n) is 4.59. The smallest absolute Gasteiger partial charge is 0.334 e. The van der Waals surface area contributed by atoms with Crippen molar-refractivity contribution in [2.24, 2.45) is 16.9 Å². The first-order valence-electron chi connectivity index (χ1n) is 14.9. The minimum Gasteiger partial charge on any atom is -0.479 e. The number of hydrogen-bond acceptors (Lipinski definition) is 8. The first-order chi connectivity index (χ1) is 22.6. The van der Waals surface area contributed by atoms with Gasteiger partial charge in [-0.05, 0) is 69.3 Å². The molecule has 0 radical (unpaired) electrons. The number of nitrogen functional groups attached to an aromatic ring is 1. The molecule has 3 aromatic carbocycles. The van der Waals surface area contributed by atoms with Crippen LogP contribution in [0, 0.1) is 10.8 Å². The number of esters is 1. The van der Waals surface area contributed by atoms with Crippen LogP contribution in [-0.4, -0.2) is 84.3 Å². The van der Waals surface area contributed by atoms with Crippen LogP contribution < -0.4 is 21.3 Å². The Morgan fingerprint density at radius 2 is 1.48 bits per heavy atom. The van der Waals surface area contributed by atoms with Gasteiger partial charge in [-0.2, -0.15) is 0 Å². The number of aliphatic carboxylic acids is 1. The maximum Gasteiger partial charge on any atom is 0.334 e. The number of nitrogens with two attached hydrogens (primary N) is 2. The van der Waals surface area contributed by atoms with Gasteiger partial charge in [0.2, 0.25) is 5.78 Å². The average molecular weight is 679 g/mol. The molecule has 13 nitrogen and oxygen atoms in total. The van der Waals surface area contributed by atoms with Gasteiger partial charge in [0, 0.05) is 53.7 Å². The Hall–Kier alpha value is -5.43. The van der Waals surface area contributed by atoms with E-state index in [1.165, 1.54) is 36.4 Å². The molecule has 0 bridgehead atoms. The van der Waals surface area contributed by atoms with Gasteiger partial charge in [0.1, 0.15) is 5.84 Å². The zero-order chi connectivity index (χ0) is 35.6. The summed E-state index contributed by atoms with van der Waals surface area (Å²) in [6.45, 7) is 6.95. The third-order valence-corrected chi connectivity index (χ3v) is 7.46. The van der Waals surface area contributed by atoms with Gasteiger partial charge >= 0.3 is 18.0 Å². The van der Waals surface area contributed by atoms with E-state index < -0.39 is 41.7 Å². The van der Waals surface area contributed by atoms with Crippen molar-refractivity contribution < 1.29 is 33.8 Å². The molecule has 1 aliphatic rings. The second kappa shape index (κ2) is 16.4. The Bertz CT molecular complexity index is 1640. The van der Waals surface area contributed by atoms with Gasteiger partial charge in [-0.1, -0.05) is 41.9 Å². The minimum absolute atomic E-state index is 0.0345. The van der Waals surface area contributed by atoms with Crippen LogP contribution in [0.3, 0.4) is 0 Å². The number of carboxylic acids is 1. The number of urea groups is 1. The fraction of sp³-hybridized carbons (Fsp3) is 0.294. The van der Waals surface area contributed by atoms with Crippen LogP contribution in [0.4, 0.5) is 16.2 Å². The molecule has 1 heterocycles. The molecule has 1 aliphatic heterocycles. The number of carbonyl (C=O) groups is 5. The molecule has 3 aromatic rings. The molecule has 1 fully saturated rings. The molecule has 0 saturated carbocycles. The van der Waals surface area contributed by atoms with Gasteiger partial charge in [0.15, 0.2) is 12.6 Å². The van der Waals surface area contributed by atoms with Crippen molar-refractivity contribution in [3.05, 3.63) is 95.0 Å². The van der Waals surface area contributed by atoms with Gasteiger partial charge in [-0.25, -0.2) is 9.59 Å². The van der Waals surface area contributed by atoms with E-state index >= 15 is 0 Å². The fourth-order valence-corrected chi connectivity index (χ4v) is 4.72. The highest BCUT2D eigenvalue weighted by molar-refractivity contribution is 6.30. The Balaban J connectivity index is 0.000000324. The van der Waals surface area contributed by atoms with Crippen molar-refractivity contribution in [3.8, 4) is 0 Å². The second-order valence-electron chi connectivity index (χ2n) is 11.8. The summed E-state index contributed by atoms with van der Waals surface area (Å²) in [5, 5.41) is 18.1. The second-order valence-corrected chi connectivity index (χ2v) is 12.3. The third-order valence-electron chi connectivity index (χ3n) is 7.21. The number of Topliss-reactive ketones (excluding diaryl/α,β-unsaturated/α-hetero) is 1. The van der Waals surface area contributed by atoms with Crippen LogP contribution in [0.2, 0.25) is 5.02 Å². The molecule has 6 N–H and O–H groups in total. The predicted molar refractivity (Wildman–Crippen MR) is 182 cm³/mol. The van der Waals surface area contributed by atoms with E-state index in [2.05, 4.69) is 4.90 Å². The molecule has 0 unspecified atom stereocenters. The van der Waals surface area contributed by atoms with Gasteiger partial charge in [0.05, 0.1) is 5.41 Å². The molecule has 0 aromatic heterocycles. The van der Waals surface area contributed by atoms with E-state index in [1.807, 2.05) is 24.3 Å². The summed E-state index contributed by atoms with van der Waals surface area (Å²) in [6.07, 6.45) is 0. The number of carbonyl (C=O) groups excluding carboxylic acids is 4. The molecule has 0 aliphatic carbocycles. The number of ether oxygens (including phenoxy) is 1. The van der Waals surface area contributed by atoms with Gasteiger partial charge in [-0.15, -0.1) is 0 Å². The highest BCUT2D eigenvalue weighted by Gasteiger charge is 2.38. The lowest BCUT2D eigenvalue weighted by Crippen LogP contribution is -2.51. The monoisotopic (exact) mass is 678 g/mol. The van der Waals surface area contributed by atoms with E-state index in [0.29, 0.717) is 13.1 Å². The Morgan fingerprint density at radius 3 is 2.00 bits per heavy atom. The first-order valence-corrected chi connectivity index (χ1v) is 15.3. The lowest BCUT2D eigenvalue weighted by atomic mass is 9.97. The maximum absolute atomic E-state index is 13.4. The number of amides is 3. The van der Waals surface area contributed by atoms with E-state index in [1.54, 1.807) is 43.9 Å². The van der Waals surface area contributed by atoms with Crippen LogP contribution in [0.1, 0.15) is 36.7 Å². The number of nitrogens with one attached hydrogen (secondary N) is 1. The number of ketones is 1. The average Bonchev–Trinajstić information content (AvgIpc) is 3.06. The Labute approximate surface area is 283 Å². The van der Waals surface area contributed by atoms with Gasteiger partial charge in [-0.3, -0.25) is 24.7 Å². The number of amidine groups is 1. The highest BCUT2D eigenvalue weighted by Crippen LogP contribution is 2.23. The number of anilines is 2. The lowest BCUT2D eigenvalue weighted by Gasteiger charge is -2.35. The third kappa shape index (κ3) is 10.0. The van der Waals surface area contributed by atoms with Gasteiger partial charge in [0.25, 0.3) is 5.91 Å². The molecule has 254 valence electrons. The molecule has 14 heteroatoms. The normalized spacial score (nSPS) is 13.3. The summed E-state index contributed by atoms with van der Waals surface area (Å²) in [7, 11) is 0. The highest BCUT2D eigenvalue weighted by atomic mass is 35.5. The number of benzene rings is 3. The summed E-state index contributed by atoms with van der Waals surface area (Å²) < 4.78 is 4.99. The van der Waals surface area contributed by atoms with Crippen LogP contribution >= 0.6 is 11.6 Å². The first kappa shape index (κ1) is 37.0. The number of rotatable bonds is 9. The van der Waals surface area contributed by atoms with Crippen molar-refractivity contribution in [2.45, 2.75) is 26.8 Å². The largest absolute Gasteiger partial charge is 0.479 e. The van der Waals surface area contributed by atoms with Crippen molar-refractivity contribution in [2.75, 3.05) is 42.6 Å². The summed E-state index contributed by atoms with van der Waals surface area (Å²) in [5.74, 6) is -4.30. The maximum atomic E-state index is 13.4. The van der Waals surface area contributed by atoms with Crippen LogP contribution in [0.5, 0.6) is 0 Å². The van der Waals surface area contributed by atoms with Crippen molar-refractivity contribution in [1.82, 2.24) is 4.90 Å². The molecule has 4 rings (SSSR count). The van der Waals surface area contributed by atoms with Gasteiger partial charge < -0.3 is 31.1 Å². The molecule has 0 spiro atoms. The van der Waals surface area contributed by atoms with E-state index in [0.717, 1.165) is 28.7 Å². The number of primary amides is 1. The number of para-hydroxylation sites is 1. The van der Waals surface area contributed by atoms with E-state index in [4.69, 9.17) is 33.2 Å². The summed E-state index contributed by atoms with van der Waals surface area (Å²) in [5.41, 5.74) is 11.4. The van der Waals surface area contributed by atoms with Crippen molar-refractivity contribution >= 4 is 58.5 Å². The Kier molecular flexibility index (Phi) is 12.7. The standard InChI is InChI=1S/C23H25N3O6.C11H14ClN3O/c1-23(2,3)22(31)32-13-17(27)18(21(29)30)26(16-10-5-4-6-11-16)20(28)15-9-7-8-14(12-15)19(24)25;12-9-1-3-10(4-2-9)14-5-7-15(8-6-14)11(13)16/h4-12,18H,13H2,1-3H3,(H3,24,25)(H,29,30);1-4H,5-8H2,(H2,13,16)/t18-;/m0./s1. The molecule has 1 saturated heterocycles. The van der Waals surface area contributed by atoms with E-state index in [9.17, 15) is 29.1 Å². The summed E-state index contributed by atoms with van der Waals surface area (Å²) in [4.78, 5) is 66.0. The van der Waals surface area contributed by atoms with Crippen LogP contribution in [0.25, 0.3) is 0 Å². The lowest BCUT2D eigenvalue weighted by molar-refractivity contribution is -0.157. The molecular formula is C34H39ClN6O7. The van der Waals surface area contributed by atoms with Crippen molar-refractivity contribution in [1.29, 1.82) is 5.41 Å². The molecule has 48 heavy (non-hydrogen) atoms. The topological polar surface area (TPSA) is 200 Å². The number of hydrogen-bond donors (Lipinski definition) is 4. The number of nitrogens with zero attached hydrogens (tertiary/aromatic N) is 3. The predicted octanol–water partition coefficient (Wildman–Crippen LogP) is 3.77. The molecule has 3 amide bonds. The molecule has 1 atom stereocenters. The van der Waals surface area contributed by atoms with Crippen LogP contribution in [-0.2, 0) is 19.1 Å². The SMILES string of the molecule is CC(C)(C)C(=O)OCC(=O)[C@@H](C(=O)O)N(C(=O)c1cccc(C(=N)N)c1)c1ccccc1.NC(=O)N1CCN(c2ccc(Cl)cc2)CC1. The summed E-state index contributed by atoms with van der Waals surface area (Å²) >= 11 is 5.83. The summed E-state index contributed by atoms with van der Waals surface area (Å²) in [6, 6.07) is 19.0. The number of piperazine rings is 1. The Morgan fingerprint density at radius 1 is 0.896 bits per heavy atom. The van der Waals surface area contributed by atoms with Crippen molar-refractivity contribution in [3.63, 3.8) is 0 Å². The number of carboxylic acid groups (broad SMARTS) is 1. The minimum atomic E-state index is -1.95. The van der Waals surface area contributed by atoms with Crippen LogP contribution in [0.15, 0.2) is 78.9 Å². The van der Waals surface area contributed by atoms with E-state index in [-0.39, 0.29) is 28.7 Å².